The largest absolute Gasteiger partial charge is 0.484 e. The summed E-state index contributed by atoms with van der Waals surface area (Å²) in [4.78, 5) is 16.5. The molecule has 1 aromatic heterocycles. The summed E-state index contributed by atoms with van der Waals surface area (Å²) in [6, 6.07) is 8.00. The average Bonchev–Trinajstić information content (AvgIpc) is 3.29. The van der Waals surface area contributed by atoms with Crippen LogP contribution in [0.2, 0.25) is 0 Å². The first-order valence-electron chi connectivity index (χ1n) is 10.1. The third kappa shape index (κ3) is 4.36. The van der Waals surface area contributed by atoms with E-state index in [0.29, 0.717) is 6.54 Å². The van der Waals surface area contributed by atoms with E-state index in [1.165, 1.54) is 23.2 Å². The van der Waals surface area contributed by atoms with E-state index < -0.39 is 0 Å². The van der Waals surface area contributed by atoms with Crippen LogP contribution in [0, 0.1) is 0 Å². The van der Waals surface area contributed by atoms with E-state index in [-0.39, 0.29) is 19.1 Å². The van der Waals surface area contributed by atoms with Crippen molar-refractivity contribution in [2.75, 3.05) is 26.3 Å². The van der Waals surface area contributed by atoms with Crippen molar-refractivity contribution in [2.24, 2.45) is 0 Å². The second-order valence-corrected chi connectivity index (χ2v) is 7.58. The van der Waals surface area contributed by atoms with Crippen molar-refractivity contribution in [1.29, 1.82) is 0 Å². The van der Waals surface area contributed by atoms with Gasteiger partial charge in [0.25, 0.3) is 5.91 Å². The zero-order valence-corrected chi connectivity index (χ0v) is 16.2. The van der Waals surface area contributed by atoms with Crippen LogP contribution in [0.15, 0.2) is 30.5 Å². The predicted octanol–water partition coefficient (Wildman–Crippen LogP) is 1.78. The van der Waals surface area contributed by atoms with Gasteiger partial charge in [-0.3, -0.25) is 14.4 Å². The molecule has 4 rings (SSSR count). The Kier molecular flexibility index (Phi) is 5.92. The van der Waals surface area contributed by atoms with Gasteiger partial charge >= 0.3 is 0 Å². The molecule has 0 aliphatic carbocycles. The SMILES string of the molecule is O=C(COc1ccc(CN2Cc3cnn(CCO)c3C2)cc1)N1CCCCC1. The number of amides is 1. The number of hydrogen-bond donors (Lipinski definition) is 1. The average molecular weight is 384 g/mol. The van der Waals surface area contributed by atoms with E-state index >= 15 is 0 Å². The predicted molar refractivity (Wildman–Crippen MR) is 105 cm³/mol. The van der Waals surface area contributed by atoms with Crippen LogP contribution in [0.5, 0.6) is 5.75 Å². The van der Waals surface area contributed by atoms with Crippen LogP contribution in [0.25, 0.3) is 0 Å². The summed E-state index contributed by atoms with van der Waals surface area (Å²) in [7, 11) is 0. The molecule has 150 valence electrons. The molecule has 7 heteroatoms. The van der Waals surface area contributed by atoms with Gasteiger partial charge in [0.2, 0.25) is 0 Å². The van der Waals surface area contributed by atoms with Crippen molar-refractivity contribution >= 4 is 5.91 Å². The highest BCUT2D eigenvalue weighted by Crippen LogP contribution is 2.24. The van der Waals surface area contributed by atoms with Gasteiger partial charge in [0.1, 0.15) is 5.75 Å². The van der Waals surface area contributed by atoms with Crippen LogP contribution < -0.4 is 4.74 Å². The normalized spacial score (nSPS) is 17.0. The van der Waals surface area contributed by atoms with E-state index in [1.54, 1.807) is 0 Å². The number of aliphatic hydroxyl groups excluding tert-OH is 1. The minimum absolute atomic E-state index is 0.0792. The Labute approximate surface area is 165 Å². The van der Waals surface area contributed by atoms with Crippen LogP contribution in [-0.2, 0) is 31.0 Å². The summed E-state index contributed by atoms with van der Waals surface area (Å²) in [6.07, 6.45) is 5.31. The standard InChI is InChI=1S/C21H28N4O3/c26-11-10-25-20-15-23(14-18(20)12-22-25)13-17-4-6-19(7-5-17)28-16-21(27)24-8-2-1-3-9-24/h4-7,12,26H,1-3,8-11,13-16H2. The van der Waals surface area contributed by atoms with Crippen LogP contribution in [0.1, 0.15) is 36.1 Å². The summed E-state index contributed by atoms with van der Waals surface area (Å²) < 4.78 is 7.58. The lowest BCUT2D eigenvalue weighted by Crippen LogP contribution is -2.38. The number of fused-ring (bicyclic) bond motifs is 1. The molecule has 1 fully saturated rings. The Morgan fingerprint density at radius 2 is 1.89 bits per heavy atom. The Morgan fingerprint density at radius 3 is 2.64 bits per heavy atom. The highest BCUT2D eigenvalue weighted by Gasteiger charge is 2.23. The molecule has 1 amide bonds. The van der Waals surface area contributed by atoms with Crippen LogP contribution in [-0.4, -0.2) is 56.9 Å². The highest BCUT2D eigenvalue weighted by atomic mass is 16.5. The Balaban J connectivity index is 1.26. The summed E-state index contributed by atoms with van der Waals surface area (Å²) in [5.41, 5.74) is 3.65. The smallest absolute Gasteiger partial charge is 0.260 e. The fourth-order valence-electron chi connectivity index (χ4n) is 4.00. The minimum Gasteiger partial charge on any atom is -0.484 e. The van der Waals surface area contributed by atoms with Gasteiger partial charge in [0, 0.05) is 38.3 Å². The molecule has 0 unspecified atom stereocenters. The van der Waals surface area contributed by atoms with Gasteiger partial charge in [-0.1, -0.05) is 12.1 Å². The molecule has 1 saturated heterocycles. The monoisotopic (exact) mass is 384 g/mol. The van der Waals surface area contributed by atoms with Crippen molar-refractivity contribution in [3.05, 3.63) is 47.3 Å². The molecule has 0 radical (unpaired) electrons. The number of hydrogen-bond acceptors (Lipinski definition) is 5. The first-order valence-corrected chi connectivity index (χ1v) is 10.1. The zero-order chi connectivity index (χ0) is 19.3. The molecule has 0 spiro atoms. The van der Waals surface area contributed by atoms with Crippen LogP contribution in [0.3, 0.4) is 0 Å². The molecule has 0 atom stereocenters. The molecule has 1 aromatic carbocycles. The Bertz CT molecular complexity index is 796. The summed E-state index contributed by atoms with van der Waals surface area (Å²) in [6.45, 7) is 5.05. The van der Waals surface area contributed by atoms with Crippen molar-refractivity contribution in [3.63, 3.8) is 0 Å². The van der Waals surface area contributed by atoms with Crippen molar-refractivity contribution in [2.45, 2.75) is 45.4 Å². The summed E-state index contributed by atoms with van der Waals surface area (Å²) in [5.74, 6) is 0.813. The maximum Gasteiger partial charge on any atom is 0.260 e. The van der Waals surface area contributed by atoms with Gasteiger partial charge in [-0.05, 0) is 37.0 Å². The zero-order valence-electron chi connectivity index (χ0n) is 16.2. The van der Waals surface area contributed by atoms with E-state index in [1.807, 2.05) is 27.9 Å². The second-order valence-electron chi connectivity index (χ2n) is 7.58. The number of ether oxygens (including phenoxy) is 1. The first-order chi connectivity index (χ1) is 13.7. The van der Waals surface area contributed by atoms with Crippen molar-refractivity contribution in [3.8, 4) is 5.75 Å². The van der Waals surface area contributed by atoms with Gasteiger partial charge in [-0.2, -0.15) is 5.10 Å². The van der Waals surface area contributed by atoms with Gasteiger partial charge in [0.15, 0.2) is 6.61 Å². The molecular weight excluding hydrogens is 356 g/mol. The molecule has 1 N–H and O–H groups in total. The fraction of sp³-hybridized carbons (Fsp3) is 0.524. The lowest BCUT2D eigenvalue weighted by molar-refractivity contribution is -0.134. The summed E-state index contributed by atoms with van der Waals surface area (Å²) >= 11 is 0. The fourth-order valence-corrected chi connectivity index (χ4v) is 4.00. The van der Waals surface area contributed by atoms with Crippen molar-refractivity contribution < 1.29 is 14.6 Å². The first kappa shape index (κ1) is 19.0. The Hall–Kier alpha value is -2.38. The molecule has 0 bridgehead atoms. The third-order valence-electron chi connectivity index (χ3n) is 5.51. The summed E-state index contributed by atoms with van der Waals surface area (Å²) in [5, 5.41) is 13.5. The number of nitrogens with zero attached hydrogens (tertiary/aromatic N) is 4. The molecule has 3 heterocycles. The molecule has 28 heavy (non-hydrogen) atoms. The lowest BCUT2D eigenvalue weighted by Gasteiger charge is -2.26. The Morgan fingerprint density at radius 1 is 1.11 bits per heavy atom. The quantitative estimate of drug-likeness (QED) is 0.788. The van der Waals surface area contributed by atoms with Crippen molar-refractivity contribution in [1.82, 2.24) is 19.6 Å². The maximum atomic E-state index is 12.2. The number of carbonyl (C=O) groups excluding carboxylic acids is 1. The van der Waals surface area contributed by atoms with Crippen LogP contribution >= 0.6 is 0 Å². The van der Waals surface area contributed by atoms with Gasteiger partial charge in [-0.25, -0.2) is 0 Å². The number of aliphatic hydroxyl groups is 1. The van der Waals surface area contributed by atoms with Gasteiger partial charge in [-0.15, -0.1) is 0 Å². The molecule has 2 aromatic rings. The molecule has 2 aliphatic heterocycles. The van der Waals surface area contributed by atoms with Crippen LogP contribution in [0.4, 0.5) is 0 Å². The van der Waals surface area contributed by atoms with E-state index in [4.69, 9.17) is 9.84 Å². The number of benzene rings is 1. The number of rotatable bonds is 7. The van der Waals surface area contributed by atoms with E-state index in [0.717, 1.165) is 51.3 Å². The van der Waals surface area contributed by atoms with Gasteiger partial charge < -0.3 is 14.7 Å². The molecular formula is C21H28N4O3. The topological polar surface area (TPSA) is 70.8 Å². The third-order valence-corrected chi connectivity index (χ3v) is 5.51. The van der Waals surface area contributed by atoms with E-state index in [2.05, 4.69) is 22.1 Å². The van der Waals surface area contributed by atoms with Gasteiger partial charge in [0.05, 0.1) is 25.0 Å². The second kappa shape index (κ2) is 8.75. The highest BCUT2D eigenvalue weighted by molar-refractivity contribution is 5.77. The number of carbonyl (C=O) groups is 1. The molecule has 7 nitrogen and oxygen atoms in total. The van der Waals surface area contributed by atoms with E-state index in [9.17, 15) is 4.79 Å². The molecule has 0 saturated carbocycles. The number of aromatic nitrogens is 2. The lowest BCUT2D eigenvalue weighted by atomic mass is 10.1. The minimum atomic E-state index is 0.0792. The number of likely N-dealkylation sites (tertiary alicyclic amines) is 1. The maximum absolute atomic E-state index is 12.2. The molecule has 2 aliphatic rings. The number of piperidine rings is 1.